The Morgan fingerprint density at radius 1 is 0.950 bits per heavy atom. The Bertz CT molecular complexity index is 669. The molecule has 2 rings (SSSR count). The third-order valence-electron chi connectivity index (χ3n) is 2.61. The molecule has 3 N–H and O–H groups in total. The minimum Gasteiger partial charge on any atom is -0.366 e. The molecule has 0 aromatic heterocycles. The molecule has 0 atom stereocenters. The minimum absolute atomic E-state index is 0.129. The van der Waals surface area contributed by atoms with Gasteiger partial charge < -0.3 is 11.1 Å². The molecule has 0 radical (unpaired) electrons. The van der Waals surface area contributed by atoms with Crippen LogP contribution < -0.4 is 11.1 Å². The molecule has 2 aromatic carbocycles. The third kappa shape index (κ3) is 2.97. The van der Waals surface area contributed by atoms with E-state index in [0.29, 0.717) is 6.07 Å². The van der Waals surface area contributed by atoms with Crippen LogP contribution in [-0.4, -0.2) is 11.8 Å². The molecular formula is C14H10F2N2O2. The van der Waals surface area contributed by atoms with Crippen LogP contribution in [0.5, 0.6) is 0 Å². The zero-order valence-electron chi connectivity index (χ0n) is 10.2. The molecule has 20 heavy (non-hydrogen) atoms. The molecule has 4 nitrogen and oxygen atoms in total. The summed E-state index contributed by atoms with van der Waals surface area (Å²) in [6.45, 7) is 0. The lowest BCUT2D eigenvalue weighted by Gasteiger charge is -2.06. The quantitative estimate of drug-likeness (QED) is 0.903. The van der Waals surface area contributed by atoms with Gasteiger partial charge in [-0.15, -0.1) is 0 Å². The zero-order chi connectivity index (χ0) is 14.7. The summed E-state index contributed by atoms with van der Waals surface area (Å²) in [6.07, 6.45) is 0. The number of carbonyl (C=O) groups excluding carboxylic acids is 2. The Morgan fingerprint density at radius 3 is 2.10 bits per heavy atom. The first kappa shape index (κ1) is 13.7. The second kappa shape index (κ2) is 5.48. The Morgan fingerprint density at radius 2 is 1.55 bits per heavy atom. The molecule has 0 spiro atoms. The number of anilines is 1. The lowest BCUT2D eigenvalue weighted by Crippen LogP contribution is -2.14. The second-order valence-electron chi connectivity index (χ2n) is 4.02. The Hall–Kier alpha value is -2.76. The van der Waals surface area contributed by atoms with E-state index in [4.69, 9.17) is 5.73 Å². The van der Waals surface area contributed by atoms with E-state index in [-0.39, 0.29) is 16.8 Å². The van der Waals surface area contributed by atoms with Gasteiger partial charge in [-0.1, -0.05) is 0 Å². The van der Waals surface area contributed by atoms with Crippen LogP contribution in [0.15, 0.2) is 42.5 Å². The number of nitrogens with two attached hydrogens (primary N) is 1. The van der Waals surface area contributed by atoms with E-state index in [1.165, 1.54) is 24.3 Å². The van der Waals surface area contributed by atoms with Crippen molar-refractivity contribution in [2.75, 3.05) is 5.32 Å². The van der Waals surface area contributed by atoms with Crippen molar-refractivity contribution in [2.24, 2.45) is 5.73 Å². The molecule has 0 bridgehead atoms. The molecule has 0 saturated heterocycles. The van der Waals surface area contributed by atoms with Crippen molar-refractivity contribution in [1.82, 2.24) is 0 Å². The van der Waals surface area contributed by atoms with Crippen molar-refractivity contribution in [1.29, 1.82) is 0 Å². The highest BCUT2D eigenvalue weighted by molar-refractivity contribution is 6.05. The smallest absolute Gasteiger partial charge is 0.255 e. The molecule has 6 heteroatoms. The molecule has 0 aliphatic rings. The lowest BCUT2D eigenvalue weighted by atomic mass is 10.1. The van der Waals surface area contributed by atoms with Crippen LogP contribution >= 0.6 is 0 Å². The predicted molar refractivity (Wildman–Crippen MR) is 69.3 cm³/mol. The number of amides is 2. The lowest BCUT2D eigenvalue weighted by molar-refractivity contribution is 0.0995. The molecule has 0 fully saturated rings. The number of nitrogens with one attached hydrogen (secondary N) is 1. The zero-order valence-corrected chi connectivity index (χ0v) is 10.2. The van der Waals surface area contributed by atoms with Gasteiger partial charge in [0.2, 0.25) is 5.91 Å². The highest BCUT2D eigenvalue weighted by atomic mass is 19.1. The Kier molecular flexibility index (Phi) is 3.74. The summed E-state index contributed by atoms with van der Waals surface area (Å²) in [6, 6.07) is 8.38. The highest BCUT2D eigenvalue weighted by Gasteiger charge is 2.10. The summed E-state index contributed by atoms with van der Waals surface area (Å²) in [5.74, 6) is -2.79. The molecule has 2 aromatic rings. The average molecular weight is 276 g/mol. The largest absolute Gasteiger partial charge is 0.366 e. The maximum atomic E-state index is 13.4. The van der Waals surface area contributed by atoms with Crippen LogP contribution in [0.3, 0.4) is 0 Å². The van der Waals surface area contributed by atoms with Gasteiger partial charge in [0.1, 0.15) is 11.6 Å². The first-order chi connectivity index (χ1) is 9.47. The molecule has 0 unspecified atom stereocenters. The second-order valence-corrected chi connectivity index (χ2v) is 4.02. The predicted octanol–water partition coefficient (Wildman–Crippen LogP) is 2.32. The van der Waals surface area contributed by atoms with Gasteiger partial charge in [-0.3, -0.25) is 9.59 Å². The number of primary amides is 1. The van der Waals surface area contributed by atoms with E-state index >= 15 is 0 Å². The number of halogens is 2. The third-order valence-corrected chi connectivity index (χ3v) is 2.61. The summed E-state index contributed by atoms with van der Waals surface area (Å²) in [5.41, 5.74) is 5.42. The summed E-state index contributed by atoms with van der Waals surface area (Å²) < 4.78 is 26.1. The van der Waals surface area contributed by atoms with Gasteiger partial charge in [0.15, 0.2) is 0 Å². The maximum absolute atomic E-state index is 13.4. The van der Waals surface area contributed by atoms with Crippen molar-refractivity contribution < 1.29 is 18.4 Å². The first-order valence-corrected chi connectivity index (χ1v) is 5.63. The normalized spacial score (nSPS) is 10.1. The van der Waals surface area contributed by atoms with Crippen molar-refractivity contribution in [3.8, 4) is 0 Å². The van der Waals surface area contributed by atoms with Gasteiger partial charge >= 0.3 is 0 Å². The van der Waals surface area contributed by atoms with Gasteiger partial charge in [-0.05, 0) is 36.4 Å². The van der Waals surface area contributed by atoms with E-state index in [0.717, 1.165) is 12.1 Å². The minimum atomic E-state index is -0.868. The van der Waals surface area contributed by atoms with Crippen LogP contribution in [0.2, 0.25) is 0 Å². The average Bonchev–Trinajstić information content (AvgIpc) is 2.42. The summed E-state index contributed by atoms with van der Waals surface area (Å²) >= 11 is 0. The standard InChI is InChI=1S/C14H10F2N2O2/c15-10-5-6-12(11(16)7-10)18-14(20)9-3-1-8(2-4-9)13(17)19/h1-7H,(H2,17,19)(H,18,20). The number of carbonyl (C=O) groups is 2. The SMILES string of the molecule is NC(=O)c1ccc(C(=O)Nc2ccc(F)cc2F)cc1. The van der Waals surface area contributed by atoms with E-state index < -0.39 is 23.4 Å². The van der Waals surface area contributed by atoms with Crippen LogP contribution in [0, 0.1) is 11.6 Å². The van der Waals surface area contributed by atoms with E-state index in [1.54, 1.807) is 0 Å². The number of hydrogen-bond donors (Lipinski definition) is 2. The maximum Gasteiger partial charge on any atom is 0.255 e. The fourth-order valence-corrected chi connectivity index (χ4v) is 1.57. The fraction of sp³-hybridized carbons (Fsp3) is 0. The van der Waals surface area contributed by atoms with Gasteiger partial charge in [0, 0.05) is 17.2 Å². The van der Waals surface area contributed by atoms with Crippen LogP contribution in [0.1, 0.15) is 20.7 Å². The molecule has 0 aliphatic heterocycles. The summed E-state index contributed by atoms with van der Waals surface area (Å²) in [4.78, 5) is 22.7. The molecule has 0 heterocycles. The van der Waals surface area contributed by atoms with E-state index in [9.17, 15) is 18.4 Å². The monoisotopic (exact) mass is 276 g/mol. The summed E-state index contributed by atoms with van der Waals surface area (Å²) in [5, 5.41) is 2.31. The topological polar surface area (TPSA) is 72.2 Å². The highest BCUT2D eigenvalue weighted by Crippen LogP contribution is 2.16. The molecule has 2 amide bonds. The van der Waals surface area contributed by atoms with Gasteiger partial charge in [0.25, 0.3) is 5.91 Å². The van der Waals surface area contributed by atoms with Gasteiger partial charge in [0.05, 0.1) is 5.69 Å². The Balaban J connectivity index is 2.17. The molecule has 0 saturated carbocycles. The summed E-state index contributed by atoms with van der Waals surface area (Å²) in [7, 11) is 0. The number of benzene rings is 2. The van der Waals surface area contributed by atoms with Crippen LogP contribution in [0.25, 0.3) is 0 Å². The number of hydrogen-bond acceptors (Lipinski definition) is 2. The van der Waals surface area contributed by atoms with Crippen LogP contribution in [0.4, 0.5) is 14.5 Å². The van der Waals surface area contributed by atoms with Crippen molar-refractivity contribution in [2.45, 2.75) is 0 Å². The van der Waals surface area contributed by atoms with Gasteiger partial charge in [-0.2, -0.15) is 0 Å². The Labute approximate surface area is 113 Å². The molecule has 0 aliphatic carbocycles. The van der Waals surface area contributed by atoms with Crippen molar-refractivity contribution in [3.63, 3.8) is 0 Å². The first-order valence-electron chi connectivity index (χ1n) is 5.63. The van der Waals surface area contributed by atoms with Crippen LogP contribution in [-0.2, 0) is 0 Å². The van der Waals surface area contributed by atoms with Crippen molar-refractivity contribution >= 4 is 17.5 Å². The van der Waals surface area contributed by atoms with Gasteiger partial charge in [-0.25, -0.2) is 8.78 Å². The fourth-order valence-electron chi connectivity index (χ4n) is 1.57. The van der Waals surface area contributed by atoms with E-state index in [2.05, 4.69) is 5.32 Å². The van der Waals surface area contributed by atoms with Crippen molar-refractivity contribution in [3.05, 3.63) is 65.2 Å². The van der Waals surface area contributed by atoms with E-state index in [1.807, 2.05) is 0 Å². The number of rotatable bonds is 3. The molecular weight excluding hydrogens is 266 g/mol. The molecule has 102 valence electrons.